The fraction of sp³-hybridized carbons (Fsp3) is 0.875. The van der Waals surface area contributed by atoms with Gasteiger partial charge in [0, 0.05) is 5.41 Å². The van der Waals surface area contributed by atoms with Crippen LogP contribution in [0.5, 0.6) is 0 Å². The van der Waals surface area contributed by atoms with Crippen LogP contribution in [-0.2, 0) is 14.8 Å². The van der Waals surface area contributed by atoms with Gasteiger partial charge in [-0.2, -0.15) is 0 Å². The number of sulfonamides is 1. The quantitative estimate of drug-likeness (QED) is 0.732. The van der Waals surface area contributed by atoms with Crippen LogP contribution in [0.4, 0.5) is 0 Å². The monoisotopic (exact) mass is 207 g/mol. The molecule has 0 rings (SSSR count). The molecule has 0 amide bonds. The van der Waals surface area contributed by atoms with E-state index in [0.29, 0.717) is 0 Å². The molecule has 0 aromatic rings. The van der Waals surface area contributed by atoms with Crippen LogP contribution in [0.25, 0.3) is 0 Å². The molecule has 0 fully saturated rings. The van der Waals surface area contributed by atoms with Crippen molar-refractivity contribution in [3.8, 4) is 0 Å². The van der Waals surface area contributed by atoms with E-state index in [1.165, 1.54) is 6.92 Å². The zero-order chi connectivity index (χ0) is 10.7. The Hall–Kier alpha value is -0.420. The smallest absolute Gasteiger partial charge is 0.211 e. The molecule has 0 unspecified atom stereocenters. The predicted molar refractivity (Wildman–Crippen MR) is 51.9 cm³/mol. The Labute approximate surface area is 79.8 Å². The standard InChI is InChI=1S/C8H17NO3S/c1-5-13(11,12)9-6-7(10)8(2,3)4/h9H,5-6H2,1-4H3. The van der Waals surface area contributed by atoms with Crippen molar-refractivity contribution in [1.82, 2.24) is 4.72 Å². The Morgan fingerprint density at radius 1 is 1.31 bits per heavy atom. The summed E-state index contributed by atoms with van der Waals surface area (Å²) in [6.07, 6.45) is 0. The van der Waals surface area contributed by atoms with Crippen molar-refractivity contribution in [2.75, 3.05) is 12.3 Å². The van der Waals surface area contributed by atoms with Gasteiger partial charge in [0.25, 0.3) is 0 Å². The van der Waals surface area contributed by atoms with Gasteiger partial charge in [-0.1, -0.05) is 20.8 Å². The third-order valence-electron chi connectivity index (χ3n) is 1.67. The van der Waals surface area contributed by atoms with Crippen LogP contribution in [0.2, 0.25) is 0 Å². The molecule has 0 saturated carbocycles. The minimum absolute atomic E-state index is 0.00439. The van der Waals surface area contributed by atoms with Crippen LogP contribution in [0, 0.1) is 5.41 Å². The summed E-state index contributed by atoms with van der Waals surface area (Å²) in [5.41, 5.74) is -0.490. The Morgan fingerprint density at radius 2 is 1.77 bits per heavy atom. The van der Waals surface area contributed by atoms with Gasteiger partial charge in [-0.05, 0) is 6.92 Å². The first-order chi connectivity index (χ1) is 5.69. The van der Waals surface area contributed by atoms with Crippen molar-refractivity contribution in [3.63, 3.8) is 0 Å². The van der Waals surface area contributed by atoms with Crippen LogP contribution in [0.3, 0.4) is 0 Å². The first kappa shape index (κ1) is 12.6. The molecular weight excluding hydrogens is 190 g/mol. The Kier molecular flexibility index (Phi) is 4.06. The number of Topliss-reactive ketones (excluding diaryl/α,β-unsaturated/α-hetero) is 1. The average molecular weight is 207 g/mol. The maximum absolute atomic E-state index is 11.3. The normalized spacial score (nSPS) is 12.9. The summed E-state index contributed by atoms with van der Waals surface area (Å²) in [7, 11) is -3.25. The molecule has 0 radical (unpaired) electrons. The highest BCUT2D eigenvalue weighted by Crippen LogP contribution is 2.13. The van der Waals surface area contributed by atoms with Crippen LogP contribution in [0.1, 0.15) is 27.7 Å². The van der Waals surface area contributed by atoms with Crippen molar-refractivity contribution in [2.45, 2.75) is 27.7 Å². The van der Waals surface area contributed by atoms with Gasteiger partial charge in [0.2, 0.25) is 10.0 Å². The lowest BCUT2D eigenvalue weighted by molar-refractivity contribution is -0.125. The first-order valence-electron chi connectivity index (χ1n) is 4.19. The number of carbonyl (C=O) groups is 1. The van der Waals surface area contributed by atoms with E-state index in [0.717, 1.165) is 0 Å². The van der Waals surface area contributed by atoms with E-state index in [2.05, 4.69) is 4.72 Å². The highest BCUT2D eigenvalue weighted by atomic mass is 32.2. The molecule has 0 saturated heterocycles. The van der Waals surface area contributed by atoms with Gasteiger partial charge in [-0.25, -0.2) is 13.1 Å². The molecule has 0 spiro atoms. The second-order valence-electron chi connectivity index (χ2n) is 3.90. The zero-order valence-corrected chi connectivity index (χ0v) is 9.36. The van der Waals surface area contributed by atoms with Crippen LogP contribution >= 0.6 is 0 Å². The first-order valence-corrected chi connectivity index (χ1v) is 5.85. The molecule has 4 nitrogen and oxygen atoms in total. The number of nitrogens with one attached hydrogen (secondary N) is 1. The van der Waals surface area contributed by atoms with Crippen molar-refractivity contribution in [1.29, 1.82) is 0 Å². The third kappa shape index (κ3) is 5.00. The molecule has 0 aromatic carbocycles. The maximum Gasteiger partial charge on any atom is 0.211 e. The molecular formula is C8H17NO3S. The van der Waals surface area contributed by atoms with Crippen molar-refractivity contribution >= 4 is 15.8 Å². The summed E-state index contributed by atoms with van der Waals surface area (Å²) in [6, 6.07) is 0. The lowest BCUT2D eigenvalue weighted by atomic mass is 9.91. The molecule has 1 N–H and O–H groups in total. The van der Waals surface area contributed by atoms with E-state index in [4.69, 9.17) is 0 Å². The van der Waals surface area contributed by atoms with Crippen LogP contribution in [0.15, 0.2) is 0 Å². The average Bonchev–Trinajstić information content (AvgIpc) is 1.98. The number of ketones is 1. The van der Waals surface area contributed by atoms with E-state index < -0.39 is 15.4 Å². The number of hydrogen-bond donors (Lipinski definition) is 1. The second kappa shape index (κ2) is 4.19. The van der Waals surface area contributed by atoms with E-state index in [9.17, 15) is 13.2 Å². The molecule has 0 aliphatic carbocycles. The largest absolute Gasteiger partial charge is 0.298 e. The maximum atomic E-state index is 11.3. The van der Waals surface area contributed by atoms with E-state index in [-0.39, 0.29) is 18.1 Å². The molecule has 0 bridgehead atoms. The van der Waals surface area contributed by atoms with Crippen LogP contribution in [-0.4, -0.2) is 26.5 Å². The zero-order valence-electron chi connectivity index (χ0n) is 8.55. The fourth-order valence-electron chi connectivity index (χ4n) is 0.543. The van der Waals surface area contributed by atoms with Gasteiger partial charge in [0.05, 0.1) is 12.3 Å². The topological polar surface area (TPSA) is 63.2 Å². The molecule has 0 heterocycles. The summed E-state index contributed by atoms with van der Waals surface area (Å²) in [5, 5.41) is 0. The molecule has 0 aliphatic rings. The lowest BCUT2D eigenvalue weighted by Gasteiger charge is -2.16. The Morgan fingerprint density at radius 3 is 2.08 bits per heavy atom. The van der Waals surface area contributed by atoms with Crippen molar-refractivity contribution in [2.24, 2.45) is 5.41 Å². The Balaban J connectivity index is 4.14. The van der Waals surface area contributed by atoms with Gasteiger partial charge < -0.3 is 0 Å². The van der Waals surface area contributed by atoms with Crippen LogP contribution < -0.4 is 4.72 Å². The second-order valence-corrected chi connectivity index (χ2v) is 5.99. The molecule has 78 valence electrons. The number of carbonyl (C=O) groups excluding carboxylic acids is 1. The molecule has 5 heteroatoms. The minimum atomic E-state index is -3.25. The molecule has 0 aromatic heterocycles. The minimum Gasteiger partial charge on any atom is -0.298 e. The van der Waals surface area contributed by atoms with Gasteiger partial charge in [-0.15, -0.1) is 0 Å². The highest BCUT2D eigenvalue weighted by molar-refractivity contribution is 7.89. The van der Waals surface area contributed by atoms with Crippen molar-refractivity contribution < 1.29 is 13.2 Å². The Bertz CT molecular complexity index is 274. The van der Waals surface area contributed by atoms with E-state index >= 15 is 0 Å². The predicted octanol–water partition coefficient (Wildman–Crippen LogP) is 0.541. The van der Waals surface area contributed by atoms with Gasteiger partial charge >= 0.3 is 0 Å². The molecule has 0 atom stereocenters. The summed E-state index contributed by atoms with van der Waals surface area (Å²) >= 11 is 0. The highest BCUT2D eigenvalue weighted by Gasteiger charge is 2.22. The van der Waals surface area contributed by atoms with E-state index in [1.807, 2.05) is 0 Å². The van der Waals surface area contributed by atoms with E-state index in [1.54, 1.807) is 20.8 Å². The molecule has 0 aliphatic heterocycles. The third-order valence-corrected chi connectivity index (χ3v) is 3.01. The fourth-order valence-corrected chi connectivity index (χ4v) is 1.10. The van der Waals surface area contributed by atoms with Crippen molar-refractivity contribution in [3.05, 3.63) is 0 Å². The van der Waals surface area contributed by atoms with Gasteiger partial charge in [0.15, 0.2) is 5.78 Å². The number of rotatable bonds is 4. The molecule has 13 heavy (non-hydrogen) atoms. The van der Waals surface area contributed by atoms with Gasteiger partial charge in [-0.3, -0.25) is 4.79 Å². The summed E-state index contributed by atoms with van der Waals surface area (Å²) in [4.78, 5) is 11.3. The summed E-state index contributed by atoms with van der Waals surface area (Å²) in [6.45, 7) is 6.70. The SMILES string of the molecule is CCS(=O)(=O)NCC(=O)C(C)(C)C. The van der Waals surface area contributed by atoms with Gasteiger partial charge in [0.1, 0.15) is 0 Å². The summed E-state index contributed by atoms with van der Waals surface area (Å²) in [5.74, 6) is -0.103. The lowest BCUT2D eigenvalue weighted by Crippen LogP contribution is -2.36. The number of hydrogen-bond acceptors (Lipinski definition) is 3. The summed E-state index contributed by atoms with van der Waals surface area (Å²) < 4.78 is 24.2.